The summed E-state index contributed by atoms with van der Waals surface area (Å²) in [4.78, 5) is 14.7. The van der Waals surface area contributed by atoms with Gasteiger partial charge in [0.2, 0.25) is 5.91 Å². The van der Waals surface area contributed by atoms with Crippen molar-refractivity contribution in [3.8, 4) is 11.1 Å². The highest BCUT2D eigenvalue weighted by atomic mass is 16.5. The molecule has 0 bridgehead atoms. The van der Waals surface area contributed by atoms with E-state index in [9.17, 15) is 9.90 Å². The van der Waals surface area contributed by atoms with Crippen molar-refractivity contribution in [1.82, 2.24) is 4.90 Å². The van der Waals surface area contributed by atoms with Crippen LogP contribution in [0.25, 0.3) is 11.1 Å². The Labute approximate surface area is 154 Å². The van der Waals surface area contributed by atoms with E-state index in [1.54, 1.807) is 0 Å². The molecule has 2 aliphatic heterocycles. The number of ether oxygens (including phenoxy) is 1. The van der Waals surface area contributed by atoms with Crippen LogP contribution in [-0.2, 0) is 16.0 Å². The van der Waals surface area contributed by atoms with Crippen LogP contribution in [0.2, 0.25) is 0 Å². The van der Waals surface area contributed by atoms with Crippen LogP contribution in [0, 0.1) is 11.3 Å². The van der Waals surface area contributed by atoms with E-state index in [-0.39, 0.29) is 17.9 Å². The molecule has 4 heteroatoms. The maximum absolute atomic E-state index is 12.8. The summed E-state index contributed by atoms with van der Waals surface area (Å²) >= 11 is 0. The second kappa shape index (κ2) is 7.22. The second-order valence-corrected chi connectivity index (χ2v) is 7.57. The minimum atomic E-state index is -0.259. The van der Waals surface area contributed by atoms with E-state index in [4.69, 9.17) is 4.74 Å². The largest absolute Gasteiger partial charge is 0.396 e. The average Bonchev–Trinajstić information content (AvgIpc) is 3.10. The Bertz CT molecular complexity index is 759. The number of fused-ring (bicyclic) bond motifs is 1. The molecule has 0 radical (unpaired) electrons. The number of likely N-dealkylation sites (tertiary alicyclic amines) is 1. The van der Waals surface area contributed by atoms with Gasteiger partial charge in [0.25, 0.3) is 0 Å². The molecule has 0 saturated carbocycles. The molecule has 4 nitrogen and oxygen atoms in total. The standard InChI is InChI=1S/C22H25NO3/c24-15-22-14-23(13-20(22)10-11-26-16-22)21(25)12-17-6-8-19(9-7-17)18-4-2-1-3-5-18/h1-9,20,24H,10-16H2/t20-,22+/m0/s1. The van der Waals surface area contributed by atoms with Gasteiger partial charge in [-0.2, -0.15) is 0 Å². The van der Waals surface area contributed by atoms with E-state index in [2.05, 4.69) is 24.3 Å². The van der Waals surface area contributed by atoms with E-state index in [0.717, 1.165) is 30.7 Å². The third kappa shape index (κ3) is 3.27. The van der Waals surface area contributed by atoms with Gasteiger partial charge in [0, 0.05) is 25.1 Å². The highest BCUT2D eigenvalue weighted by Crippen LogP contribution is 2.41. The molecule has 2 aliphatic rings. The maximum Gasteiger partial charge on any atom is 0.227 e. The number of carbonyl (C=O) groups is 1. The van der Waals surface area contributed by atoms with Gasteiger partial charge in [-0.1, -0.05) is 54.6 Å². The summed E-state index contributed by atoms with van der Waals surface area (Å²) in [6.45, 7) is 2.73. The Morgan fingerprint density at radius 2 is 1.85 bits per heavy atom. The van der Waals surface area contributed by atoms with Crippen LogP contribution in [0.5, 0.6) is 0 Å². The normalized spacial score (nSPS) is 25.1. The third-order valence-corrected chi connectivity index (χ3v) is 5.90. The fraction of sp³-hybridized carbons (Fsp3) is 0.409. The minimum Gasteiger partial charge on any atom is -0.396 e. The predicted octanol–water partition coefficient (Wildman–Crippen LogP) is 2.75. The van der Waals surface area contributed by atoms with Crippen molar-refractivity contribution < 1.29 is 14.6 Å². The molecule has 1 N–H and O–H groups in total. The van der Waals surface area contributed by atoms with Crippen LogP contribution in [0.1, 0.15) is 12.0 Å². The average molecular weight is 351 g/mol. The van der Waals surface area contributed by atoms with Crippen LogP contribution in [0.15, 0.2) is 54.6 Å². The van der Waals surface area contributed by atoms with Gasteiger partial charge in [-0.3, -0.25) is 4.79 Å². The lowest BCUT2D eigenvalue weighted by Crippen LogP contribution is -2.43. The number of nitrogens with zero attached hydrogens (tertiary/aromatic N) is 1. The number of amides is 1. The van der Waals surface area contributed by atoms with E-state index in [1.807, 2.05) is 35.2 Å². The van der Waals surface area contributed by atoms with Crippen LogP contribution in [0.3, 0.4) is 0 Å². The highest BCUT2D eigenvalue weighted by Gasteiger charge is 2.49. The zero-order valence-electron chi connectivity index (χ0n) is 14.9. The van der Waals surface area contributed by atoms with Crippen molar-refractivity contribution in [2.45, 2.75) is 12.8 Å². The molecule has 0 aromatic heterocycles. The van der Waals surface area contributed by atoms with Crippen LogP contribution < -0.4 is 0 Å². The van der Waals surface area contributed by atoms with Gasteiger partial charge in [0.05, 0.1) is 19.6 Å². The quantitative estimate of drug-likeness (QED) is 0.921. The molecule has 0 spiro atoms. The first kappa shape index (κ1) is 17.3. The number of carbonyl (C=O) groups excluding carboxylic acids is 1. The topological polar surface area (TPSA) is 49.8 Å². The molecule has 2 atom stereocenters. The van der Waals surface area contributed by atoms with Crippen LogP contribution in [-0.4, -0.2) is 48.8 Å². The fourth-order valence-electron chi connectivity index (χ4n) is 4.24. The second-order valence-electron chi connectivity index (χ2n) is 7.57. The van der Waals surface area contributed by atoms with Gasteiger partial charge < -0.3 is 14.7 Å². The molecule has 2 heterocycles. The molecule has 1 amide bonds. The summed E-state index contributed by atoms with van der Waals surface area (Å²) in [6.07, 6.45) is 1.33. The molecule has 2 aromatic carbocycles. The molecular formula is C22H25NO3. The van der Waals surface area contributed by atoms with Gasteiger partial charge in [-0.15, -0.1) is 0 Å². The van der Waals surface area contributed by atoms with Gasteiger partial charge >= 0.3 is 0 Å². The SMILES string of the molecule is O=C(Cc1ccc(-c2ccccc2)cc1)N1C[C@@H]2CCOC[C@]2(CO)C1. The summed E-state index contributed by atoms with van der Waals surface area (Å²) in [5, 5.41) is 9.86. The molecule has 2 fully saturated rings. The molecule has 2 aromatic rings. The van der Waals surface area contributed by atoms with Gasteiger partial charge in [-0.25, -0.2) is 0 Å². The Morgan fingerprint density at radius 1 is 1.12 bits per heavy atom. The first-order chi connectivity index (χ1) is 12.7. The van der Waals surface area contributed by atoms with Crippen molar-refractivity contribution in [3.05, 3.63) is 60.2 Å². The Hall–Kier alpha value is -2.17. The lowest BCUT2D eigenvalue weighted by atomic mass is 9.76. The molecule has 2 saturated heterocycles. The molecular weight excluding hydrogens is 326 g/mol. The minimum absolute atomic E-state index is 0.0905. The summed E-state index contributed by atoms with van der Waals surface area (Å²) in [5.41, 5.74) is 3.11. The van der Waals surface area contributed by atoms with E-state index >= 15 is 0 Å². The lowest BCUT2D eigenvalue weighted by Gasteiger charge is -2.36. The Balaban J connectivity index is 1.42. The number of hydrogen-bond donors (Lipinski definition) is 1. The van der Waals surface area contributed by atoms with Crippen LogP contribution >= 0.6 is 0 Å². The molecule has 0 unspecified atom stereocenters. The summed E-state index contributed by atoms with van der Waals surface area (Å²) in [6, 6.07) is 18.5. The van der Waals surface area contributed by atoms with Crippen molar-refractivity contribution in [2.24, 2.45) is 11.3 Å². The Kier molecular flexibility index (Phi) is 4.79. The third-order valence-electron chi connectivity index (χ3n) is 5.90. The number of benzene rings is 2. The maximum atomic E-state index is 12.8. The monoisotopic (exact) mass is 351 g/mol. The predicted molar refractivity (Wildman–Crippen MR) is 101 cm³/mol. The van der Waals surface area contributed by atoms with E-state index in [1.165, 1.54) is 5.56 Å². The zero-order valence-corrected chi connectivity index (χ0v) is 14.9. The molecule has 26 heavy (non-hydrogen) atoms. The first-order valence-electron chi connectivity index (χ1n) is 9.31. The summed E-state index contributed by atoms with van der Waals surface area (Å²) in [5.74, 6) is 0.491. The van der Waals surface area contributed by atoms with Crippen LogP contribution in [0.4, 0.5) is 0 Å². The number of aliphatic hydroxyl groups is 1. The van der Waals surface area contributed by atoms with Crippen molar-refractivity contribution >= 4 is 5.91 Å². The summed E-state index contributed by atoms with van der Waals surface area (Å²) < 4.78 is 5.58. The number of hydrogen-bond acceptors (Lipinski definition) is 3. The van der Waals surface area contributed by atoms with E-state index in [0.29, 0.717) is 25.5 Å². The fourth-order valence-corrected chi connectivity index (χ4v) is 4.24. The Morgan fingerprint density at radius 3 is 2.54 bits per heavy atom. The summed E-state index contributed by atoms with van der Waals surface area (Å²) in [7, 11) is 0. The molecule has 136 valence electrons. The molecule has 0 aliphatic carbocycles. The van der Waals surface area contributed by atoms with Gasteiger partial charge in [0.1, 0.15) is 0 Å². The smallest absolute Gasteiger partial charge is 0.227 e. The lowest BCUT2D eigenvalue weighted by molar-refractivity contribution is -0.130. The zero-order chi connectivity index (χ0) is 18.0. The van der Waals surface area contributed by atoms with Crippen molar-refractivity contribution in [2.75, 3.05) is 32.9 Å². The number of rotatable bonds is 4. The first-order valence-corrected chi connectivity index (χ1v) is 9.31. The van der Waals surface area contributed by atoms with Crippen molar-refractivity contribution in [1.29, 1.82) is 0 Å². The van der Waals surface area contributed by atoms with Gasteiger partial charge in [0.15, 0.2) is 0 Å². The number of aliphatic hydroxyl groups excluding tert-OH is 1. The highest BCUT2D eigenvalue weighted by molar-refractivity contribution is 5.79. The van der Waals surface area contributed by atoms with E-state index < -0.39 is 0 Å². The van der Waals surface area contributed by atoms with Crippen molar-refractivity contribution in [3.63, 3.8) is 0 Å². The van der Waals surface area contributed by atoms with Gasteiger partial charge in [-0.05, 0) is 29.0 Å². The molecule has 4 rings (SSSR count).